The quantitative estimate of drug-likeness (QED) is 0.790. The molecule has 1 aromatic heterocycles. The molecule has 0 atom stereocenters. The summed E-state index contributed by atoms with van der Waals surface area (Å²) in [5.74, 6) is 0. The molecule has 0 spiro atoms. The largest absolute Gasteiger partial charge is 0.380 e. The van der Waals surface area contributed by atoms with Gasteiger partial charge >= 0.3 is 0 Å². The molecule has 0 fully saturated rings. The van der Waals surface area contributed by atoms with E-state index in [1.54, 1.807) is 18.4 Å². The first-order chi connectivity index (χ1) is 9.28. The van der Waals surface area contributed by atoms with Crippen molar-refractivity contribution < 1.29 is 4.74 Å². The number of hydrogen-bond donors (Lipinski definition) is 1. The number of ether oxygens (including phenoxy) is 1. The predicted molar refractivity (Wildman–Crippen MR) is 79.4 cm³/mol. The number of hydrogen-bond acceptors (Lipinski definition) is 4. The van der Waals surface area contributed by atoms with E-state index in [0.29, 0.717) is 6.61 Å². The van der Waals surface area contributed by atoms with Crippen molar-refractivity contribution in [1.29, 1.82) is 0 Å². The van der Waals surface area contributed by atoms with Crippen LogP contribution in [0.3, 0.4) is 0 Å². The molecule has 1 aromatic carbocycles. The summed E-state index contributed by atoms with van der Waals surface area (Å²) in [6.45, 7) is 4.56. The lowest BCUT2D eigenvalue weighted by molar-refractivity contribution is 0.185. The highest BCUT2D eigenvalue weighted by molar-refractivity contribution is 7.09. The first-order valence-electron chi connectivity index (χ1n) is 6.46. The molecule has 0 radical (unpaired) electrons. The standard InChI is InChI=1S/C15H20N2OS/c1-12-17-15(11-19-12)6-7-16-9-13-4-3-5-14(8-13)10-18-2/h3-5,8,11,16H,6-7,9-10H2,1-2H3. The average molecular weight is 276 g/mol. The molecule has 0 amide bonds. The maximum atomic E-state index is 5.14. The van der Waals surface area contributed by atoms with Crippen molar-refractivity contribution in [1.82, 2.24) is 10.3 Å². The predicted octanol–water partition coefficient (Wildman–Crippen LogP) is 2.93. The summed E-state index contributed by atoms with van der Waals surface area (Å²) in [6, 6.07) is 8.49. The van der Waals surface area contributed by atoms with Crippen molar-refractivity contribution in [2.75, 3.05) is 13.7 Å². The zero-order chi connectivity index (χ0) is 13.5. The van der Waals surface area contributed by atoms with Crippen LogP contribution in [0.5, 0.6) is 0 Å². The molecule has 4 heteroatoms. The molecular formula is C15H20N2OS. The van der Waals surface area contributed by atoms with Crippen LogP contribution in [0, 0.1) is 6.92 Å². The zero-order valence-corrected chi connectivity index (χ0v) is 12.3. The van der Waals surface area contributed by atoms with Crippen LogP contribution in [0.25, 0.3) is 0 Å². The summed E-state index contributed by atoms with van der Waals surface area (Å²) in [4.78, 5) is 4.46. The van der Waals surface area contributed by atoms with Crippen molar-refractivity contribution in [3.8, 4) is 0 Å². The smallest absolute Gasteiger partial charge is 0.0897 e. The van der Waals surface area contributed by atoms with Gasteiger partial charge in [0.25, 0.3) is 0 Å². The Bertz CT molecular complexity index is 510. The Morgan fingerprint density at radius 2 is 2.16 bits per heavy atom. The molecule has 19 heavy (non-hydrogen) atoms. The summed E-state index contributed by atoms with van der Waals surface area (Å²) in [5, 5.41) is 6.73. The summed E-state index contributed by atoms with van der Waals surface area (Å²) < 4.78 is 5.14. The van der Waals surface area contributed by atoms with Crippen LogP contribution in [0.4, 0.5) is 0 Å². The minimum Gasteiger partial charge on any atom is -0.380 e. The molecule has 1 heterocycles. The van der Waals surface area contributed by atoms with E-state index in [0.717, 1.165) is 24.5 Å². The van der Waals surface area contributed by atoms with Crippen LogP contribution >= 0.6 is 11.3 Å². The second-order valence-corrected chi connectivity index (χ2v) is 5.60. The fourth-order valence-corrected chi connectivity index (χ4v) is 2.62. The van der Waals surface area contributed by atoms with Crippen LogP contribution in [-0.4, -0.2) is 18.6 Å². The minimum atomic E-state index is 0.673. The molecule has 102 valence electrons. The number of aryl methyl sites for hydroxylation is 1. The number of aromatic nitrogens is 1. The maximum absolute atomic E-state index is 5.14. The Kier molecular flexibility index (Phi) is 5.51. The number of nitrogens with zero attached hydrogens (tertiary/aromatic N) is 1. The molecule has 2 rings (SSSR count). The number of benzene rings is 1. The highest BCUT2D eigenvalue weighted by Gasteiger charge is 1.99. The fourth-order valence-electron chi connectivity index (χ4n) is 1.97. The summed E-state index contributed by atoms with van der Waals surface area (Å²) in [6.07, 6.45) is 0.988. The molecular weight excluding hydrogens is 256 g/mol. The van der Waals surface area contributed by atoms with Crippen LogP contribution in [0.2, 0.25) is 0 Å². The van der Waals surface area contributed by atoms with Crippen LogP contribution in [0.1, 0.15) is 21.8 Å². The first kappa shape index (κ1) is 14.2. The topological polar surface area (TPSA) is 34.1 Å². The van der Waals surface area contributed by atoms with E-state index in [2.05, 4.69) is 39.9 Å². The van der Waals surface area contributed by atoms with Gasteiger partial charge in [0.05, 0.1) is 17.3 Å². The summed E-state index contributed by atoms with van der Waals surface area (Å²) in [5.41, 5.74) is 3.70. The highest BCUT2D eigenvalue weighted by atomic mass is 32.1. The Morgan fingerprint density at radius 1 is 1.32 bits per heavy atom. The van der Waals surface area contributed by atoms with E-state index in [9.17, 15) is 0 Å². The Morgan fingerprint density at radius 3 is 2.89 bits per heavy atom. The van der Waals surface area contributed by atoms with Gasteiger partial charge in [-0.1, -0.05) is 24.3 Å². The van der Waals surface area contributed by atoms with E-state index >= 15 is 0 Å². The van der Waals surface area contributed by atoms with Gasteiger partial charge in [-0.05, 0) is 18.1 Å². The Hall–Kier alpha value is -1.23. The third-order valence-electron chi connectivity index (χ3n) is 2.86. The summed E-state index contributed by atoms with van der Waals surface area (Å²) >= 11 is 1.71. The SMILES string of the molecule is COCc1cccc(CNCCc2csc(C)n2)c1. The van der Waals surface area contributed by atoms with Gasteiger partial charge in [0.2, 0.25) is 0 Å². The van der Waals surface area contributed by atoms with E-state index in [1.165, 1.54) is 16.8 Å². The molecule has 0 aliphatic carbocycles. The highest BCUT2D eigenvalue weighted by Crippen LogP contribution is 2.08. The zero-order valence-electron chi connectivity index (χ0n) is 11.5. The van der Waals surface area contributed by atoms with Crippen molar-refractivity contribution >= 4 is 11.3 Å². The number of nitrogens with one attached hydrogen (secondary N) is 1. The maximum Gasteiger partial charge on any atom is 0.0897 e. The van der Waals surface area contributed by atoms with E-state index in [-0.39, 0.29) is 0 Å². The Labute approximate surface area is 118 Å². The fraction of sp³-hybridized carbons (Fsp3) is 0.400. The monoisotopic (exact) mass is 276 g/mol. The summed E-state index contributed by atoms with van der Waals surface area (Å²) in [7, 11) is 1.72. The van der Waals surface area contributed by atoms with Crippen molar-refractivity contribution in [2.45, 2.75) is 26.5 Å². The molecule has 0 saturated carbocycles. The Balaban J connectivity index is 1.74. The molecule has 0 unspecified atom stereocenters. The van der Waals surface area contributed by atoms with Crippen molar-refractivity contribution in [2.24, 2.45) is 0 Å². The minimum absolute atomic E-state index is 0.673. The van der Waals surface area contributed by atoms with Gasteiger partial charge in [0.15, 0.2) is 0 Å². The molecule has 0 saturated heterocycles. The van der Waals surface area contributed by atoms with Gasteiger partial charge in [0, 0.05) is 32.0 Å². The molecule has 2 aromatic rings. The van der Waals surface area contributed by atoms with Crippen LogP contribution in [-0.2, 0) is 24.3 Å². The average Bonchev–Trinajstić information content (AvgIpc) is 2.82. The first-order valence-corrected chi connectivity index (χ1v) is 7.34. The third kappa shape index (κ3) is 4.74. The molecule has 3 nitrogen and oxygen atoms in total. The lowest BCUT2D eigenvalue weighted by Gasteiger charge is -2.06. The number of methoxy groups -OCH3 is 1. The molecule has 0 aliphatic heterocycles. The van der Waals surface area contributed by atoms with Crippen LogP contribution < -0.4 is 5.32 Å². The van der Waals surface area contributed by atoms with Gasteiger partial charge in [-0.2, -0.15) is 0 Å². The van der Waals surface area contributed by atoms with Crippen molar-refractivity contribution in [3.63, 3.8) is 0 Å². The lowest BCUT2D eigenvalue weighted by atomic mass is 10.1. The molecule has 1 N–H and O–H groups in total. The number of thiazole rings is 1. The lowest BCUT2D eigenvalue weighted by Crippen LogP contribution is -2.16. The van der Waals surface area contributed by atoms with Gasteiger partial charge in [0.1, 0.15) is 0 Å². The van der Waals surface area contributed by atoms with Gasteiger partial charge in [-0.25, -0.2) is 4.98 Å². The third-order valence-corrected chi connectivity index (χ3v) is 3.68. The van der Waals surface area contributed by atoms with E-state index in [4.69, 9.17) is 4.74 Å². The van der Waals surface area contributed by atoms with E-state index in [1.807, 2.05) is 6.92 Å². The molecule has 0 bridgehead atoms. The second-order valence-electron chi connectivity index (χ2n) is 4.54. The van der Waals surface area contributed by atoms with Gasteiger partial charge < -0.3 is 10.1 Å². The number of rotatable bonds is 7. The molecule has 0 aliphatic rings. The van der Waals surface area contributed by atoms with Crippen molar-refractivity contribution in [3.05, 3.63) is 51.5 Å². The second kappa shape index (κ2) is 7.38. The normalized spacial score (nSPS) is 10.8. The van der Waals surface area contributed by atoms with Gasteiger partial charge in [-0.15, -0.1) is 11.3 Å². The van der Waals surface area contributed by atoms with E-state index < -0.39 is 0 Å². The van der Waals surface area contributed by atoms with Crippen LogP contribution in [0.15, 0.2) is 29.6 Å². The van der Waals surface area contributed by atoms with Gasteiger partial charge in [-0.3, -0.25) is 0 Å².